The number of ether oxygens (including phenoxy) is 1. The third kappa shape index (κ3) is 2.69. The van der Waals surface area contributed by atoms with Gasteiger partial charge in [0.05, 0.1) is 30.6 Å². The molecule has 0 aromatic carbocycles. The number of imidazole rings is 1. The molecule has 0 bridgehead atoms. The number of morpholine rings is 1. The molecule has 0 saturated carbocycles. The van der Waals surface area contributed by atoms with Gasteiger partial charge >= 0.3 is 0 Å². The Morgan fingerprint density at radius 1 is 1.38 bits per heavy atom. The Balaban J connectivity index is 1.77. The second kappa shape index (κ2) is 5.33. The summed E-state index contributed by atoms with van der Waals surface area (Å²) in [6.45, 7) is 3.57. The Labute approximate surface area is 123 Å². The zero-order chi connectivity index (χ0) is 15.0. The minimum Gasteiger partial charge on any atom is -0.367 e. The molecule has 0 radical (unpaired) electrons. The van der Waals surface area contributed by atoms with E-state index in [1.807, 2.05) is 24.7 Å². The molecule has 7 nitrogen and oxygen atoms in total. The number of hydrogen-bond donors (Lipinski definition) is 0. The lowest BCUT2D eigenvalue weighted by molar-refractivity contribution is -0.0279. The van der Waals surface area contributed by atoms with Crippen molar-refractivity contribution in [2.24, 2.45) is 14.1 Å². The smallest absolute Gasteiger partial charge is 0.257 e. The maximum absolute atomic E-state index is 12.5. The molecule has 1 fully saturated rings. The first kappa shape index (κ1) is 13.8. The topological polar surface area (TPSA) is 65.2 Å². The van der Waals surface area contributed by atoms with Crippen LogP contribution in [-0.2, 0) is 18.8 Å². The van der Waals surface area contributed by atoms with Crippen molar-refractivity contribution in [2.45, 2.75) is 13.0 Å². The third-order valence-electron chi connectivity index (χ3n) is 3.63. The molecule has 1 amide bonds. The predicted octanol–water partition coefficient (Wildman–Crippen LogP) is 0.676. The zero-order valence-corrected chi connectivity index (χ0v) is 12.5. The van der Waals surface area contributed by atoms with Crippen molar-refractivity contribution in [3.63, 3.8) is 0 Å². The molecule has 1 unspecified atom stereocenters. The molecule has 0 spiro atoms. The second-order valence-corrected chi connectivity index (χ2v) is 5.36. The highest BCUT2D eigenvalue weighted by Crippen LogP contribution is 2.22. The number of rotatable bonds is 2. The van der Waals surface area contributed by atoms with E-state index >= 15 is 0 Å². The van der Waals surface area contributed by atoms with Crippen LogP contribution in [-0.4, -0.2) is 49.8 Å². The number of carbonyl (C=O) groups is 1. The van der Waals surface area contributed by atoms with Crippen LogP contribution in [0.15, 0.2) is 18.6 Å². The quantitative estimate of drug-likeness (QED) is 0.815. The summed E-state index contributed by atoms with van der Waals surface area (Å²) in [5, 5.41) is 4.05. The number of carbonyl (C=O) groups excluding carboxylic acids is 1. The minimum absolute atomic E-state index is 0.0117. The highest BCUT2D eigenvalue weighted by Gasteiger charge is 2.29. The van der Waals surface area contributed by atoms with E-state index in [-0.39, 0.29) is 12.0 Å². The SMILES string of the molecule is Cc1cn(C)c(C2CN(C(=O)c3cnn(C)c3)CCO2)n1. The first-order valence-corrected chi connectivity index (χ1v) is 6.94. The number of aromatic nitrogens is 4. The van der Waals surface area contributed by atoms with Gasteiger partial charge in [-0.1, -0.05) is 0 Å². The van der Waals surface area contributed by atoms with E-state index in [4.69, 9.17) is 4.74 Å². The molecular formula is C14H19N5O2. The zero-order valence-electron chi connectivity index (χ0n) is 12.5. The standard InChI is InChI=1S/C14H19N5O2/c1-10-7-17(2)13(16-10)12-9-19(4-5-21-12)14(20)11-6-15-18(3)8-11/h6-8,12H,4-5,9H2,1-3H3. The van der Waals surface area contributed by atoms with Crippen LogP contribution in [0, 0.1) is 6.92 Å². The van der Waals surface area contributed by atoms with Crippen molar-refractivity contribution in [3.8, 4) is 0 Å². The van der Waals surface area contributed by atoms with Crippen molar-refractivity contribution in [1.82, 2.24) is 24.2 Å². The number of aryl methyl sites for hydroxylation is 3. The van der Waals surface area contributed by atoms with Gasteiger partial charge in [0.1, 0.15) is 11.9 Å². The molecule has 7 heteroatoms. The van der Waals surface area contributed by atoms with E-state index in [1.165, 1.54) is 0 Å². The molecule has 0 N–H and O–H groups in total. The minimum atomic E-state index is -0.182. The van der Waals surface area contributed by atoms with Crippen molar-refractivity contribution in [2.75, 3.05) is 19.7 Å². The highest BCUT2D eigenvalue weighted by molar-refractivity contribution is 5.93. The Hall–Kier alpha value is -2.15. The van der Waals surface area contributed by atoms with Crippen LogP contribution in [0.25, 0.3) is 0 Å². The van der Waals surface area contributed by atoms with E-state index in [0.717, 1.165) is 11.5 Å². The van der Waals surface area contributed by atoms with Crippen LogP contribution < -0.4 is 0 Å². The molecular weight excluding hydrogens is 270 g/mol. The summed E-state index contributed by atoms with van der Waals surface area (Å²) in [7, 11) is 3.75. The van der Waals surface area contributed by atoms with Gasteiger partial charge in [-0.2, -0.15) is 5.10 Å². The number of hydrogen-bond acceptors (Lipinski definition) is 4. The van der Waals surface area contributed by atoms with Crippen LogP contribution in [0.4, 0.5) is 0 Å². The van der Waals surface area contributed by atoms with Gasteiger partial charge < -0.3 is 14.2 Å². The number of amides is 1. The summed E-state index contributed by atoms with van der Waals surface area (Å²) >= 11 is 0. The van der Waals surface area contributed by atoms with Gasteiger partial charge in [-0.3, -0.25) is 9.48 Å². The Morgan fingerprint density at radius 3 is 2.81 bits per heavy atom. The summed E-state index contributed by atoms with van der Waals surface area (Å²) in [6, 6.07) is 0. The maximum atomic E-state index is 12.5. The Bertz CT molecular complexity index is 660. The van der Waals surface area contributed by atoms with E-state index in [1.54, 1.807) is 29.0 Å². The average molecular weight is 289 g/mol. The average Bonchev–Trinajstić information content (AvgIpc) is 3.04. The third-order valence-corrected chi connectivity index (χ3v) is 3.63. The van der Waals surface area contributed by atoms with Gasteiger partial charge in [-0.25, -0.2) is 4.98 Å². The molecule has 3 heterocycles. The van der Waals surface area contributed by atoms with E-state index in [9.17, 15) is 4.79 Å². The highest BCUT2D eigenvalue weighted by atomic mass is 16.5. The Kier molecular flexibility index (Phi) is 3.50. The molecule has 112 valence electrons. The van der Waals surface area contributed by atoms with Gasteiger partial charge in [0.2, 0.25) is 0 Å². The summed E-state index contributed by atoms with van der Waals surface area (Å²) in [4.78, 5) is 18.8. The Morgan fingerprint density at radius 2 is 2.19 bits per heavy atom. The van der Waals surface area contributed by atoms with E-state index < -0.39 is 0 Å². The maximum Gasteiger partial charge on any atom is 0.257 e. The summed E-state index contributed by atoms with van der Waals surface area (Å²) in [5.41, 5.74) is 1.56. The van der Waals surface area contributed by atoms with Crippen LogP contribution in [0.2, 0.25) is 0 Å². The molecule has 1 saturated heterocycles. The molecule has 1 aliphatic heterocycles. The summed E-state index contributed by atoms with van der Waals surface area (Å²) in [5.74, 6) is 0.846. The molecule has 3 rings (SSSR count). The second-order valence-electron chi connectivity index (χ2n) is 5.36. The first-order valence-electron chi connectivity index (χ1n) is 6.94. The normalized spacial score (nSPS) is 19.0. The van der Waals surface area contributed by atoms with Gasteiger partial charge in [0, 0.05) is 33.0 Å². The molecule has 21 heavy (non-hydrogen) atoms. The lowest BCUT2D eigenvalue weighted by Crippen LogP contribution is -2.42. The van der Waals surface area contributed by atoms with E-state index in [0.29, 0.717) is 25.3 Å². The van der Waals surface area contributed by atoms with Crippen molar-refractivity contribution >= 4 is 5.91 Å². The largest absolute Gasteiger partial charge is 0.367 e. The van der Waals surface area contributed by atoms with Gasteiger partial charge in [0.15, 0.2) is 0 Å². The molecule has 2 aromatic rings. The first-order chi connectivity index (χ1) is 10.0. The fraction of sp³-hybridized carbons (Fsp3) is 0.500. The van der Waals surface area contributed by atoms with Crippen molar-refractivity contribution in [3.05, 3.63) is 35.7 Å². The van der Waals surface area contributed by atoms with Crippen LogP contribution in [0.3, 0.4) is 0 Å². The van der Waals surface area contributed by atoms with Crippen LogP contribution in [0.5, 0.6) is 0 Å². The van der Waals surface area contributed by atoms with E-state index in [2.05, 4.69) is 10.1 Å². The predicted molar refractivity (Wildman–Crippen MR) is 75.7 cm³/mol. The van der Waals surface area contributed by atoms with Crippen LogP contribution >= 0.6 is 0 Å². The fourth-order valence-electron chi connectivity index (χ4n) is 2.64. The summed E-state index contributed by atoms with van der Waals surface area (Å²) in [6.07, 6.45) is 5.11. The van der Waals surface area contributed by atoms with Crippen molar-refractivity contribution in [1.29, 1.82) is 0 Å². The lowest BCUT2D eigenvalue weighted by Gasteiger charge is -2.32. The van der Waals surface area contributed by atoms with Crippen LogP contribution in [0.1, 0.15) is 28.0 Å². The van der Waals surface area contributed by atoms with Gasteiger partial charge in [0.25, 0.3) is 5.91 Å². The molecule has 1 aliphatic rings. The van der Waals surface area contributed by atoms with Crippen molar-refractivity contribution < 1.29 is 9.53 Å². The fourth-order valence-corrected chi connectivity index (χ4v) is 2.64. The van der Waals surface area contributed by atoms with Gasteiger partial charge in [-0.15, -0.1) is 0 Å². The summed E-state index contributed by atoms with van der Waals surface area (Å²) < 4.78 is 9.37. The molecule has 2 aromatic heterocycles. The monoisotopic (exact) mass is 289 g/mol. The molecule has 0 aliphatic carbocycles. The lowest BCUT2D eigenvalue weighted by atomic mass is 10.2. The molecule has 1 atom stereocenters. The van der Waals surface area contributed by atoms with Gasteiger partial charge in [-0.05, 0) is 6.92 Å². The number of nitrogens with zero attached hydrogens (tertiary/aromatic N) is 5.